The Morgan fingerprint density at radius 1 is 1.00 bits per heavy atom. The van der Waals surface area contributed by atoms with Crippen LogP contribution in [-0.4, -0.2) is 64.2 Å². The predicted octanol–water partition coefficient (Wildman–Crippen LogP) is 2.07. The van der Waals surface area contributed by atoms with Crippen LogP contribution in [0.25, 0.3) is 5.69 Å². The number of nitro groups is 1. The number of benzene rings is 2. The molecule has 0 N–H and O–H groups in total. The van der Waals surface area contributed by atoms with Gasteiger partial charge >= 0.3 is 0 Å². The van der Waals surface area contributed by atoms with E-state index in [1.165, 1.54) is 58.1 Å². The van der Waals surface area contributed by atoms with Crippen molar-refractivity contribution in [2.75, 3.05) is 26.2 Å². The lowest BCUT2D eigenvalue weighted by atomic mass is 10.2. The Morgan fingerprint density at radius 2 is 1.62 bits per heavy atom. The Balaban J connectivity index is 1.46. The number of rotatable bonds is 5. The van der Waals surface area contributed by atoms with E-state index in [1.54, 1.807) is 4.57 Å². The molecule has 0 radical (unpaired) electrons. The largest absolute Gasteiger partial charge is 0.335 e. The molecule has 2 aromatic carbocycles. The van der Waals surface area contributed by atoms with E-state index < -0.39 is 20.8 Å². The normalized spacial score (nSPS) is 15.0. The van der Waals surface area contributed by atoms with E-state index >= 15 is 0 Å². The second-order valence-corrected chi connectivity index (χ2v) is 9.01. The van der Waals surface area contributed by atoms with Gasteiger partial charge in [-0.3, -0.25) is 19.5 Å². The van der Waals surface area contributed by atoms with Gasteiger partial charge in [0.05, 0.1) is 22.3 Å². The highest BCUT2D eigenvalue weighted by atomic mass is 32.2. The third-order valence-corrected chi connectivity index (χ3v) is 7.09. The summed E-state index contributed by atoms with van der Waals surface area (Å²) in [6, 6.07) is 10.3. The predicted molar refractivity (Wildman–Crippen MR) is 111 cm³/mol. The molecule has 2 heterocycles. The summed E-state index contributed by atoms with van der Waals surface area (Å²) < 4.78 is 41.7. The maximum atomic E-state index is 13.2. The summed E-state index contributed by atoms with van der Waals surface area (Å²) in [4.78, 5) is 28.7. The number of non-ortho nitro benzene ring substituents is 1. The van der Waals surface area contributed by atoms with E-state index in [0.29, 0.717) is 5.69 Å². The SMILES string of the molecule is O=C(c1cncn1-c1ccc(F)cc1)N1CCN(S(=O)(=O)c2ccc([N+](=O)[O-])cc2)CC1. The molecule has 32 heavy (non-hydrogen) atoms. The number of sulfonamides is 1. The van der Waals surface area contributed by atoms with Gasteiger partial charge in [-0.15, -0.1) is 0 Å². The van der Waals surface area contributed by atoms with Gasteiger partial charge in [0.2, 0.25) is 10.0 Å². The zero-order chi connectivity index (χ0) is 22.9. The van der Waals surface area contributed by atoms with Gasteiger partial charge in [-0.05, 0) is 36.4 Å². The standard InChI is InChI=1S/C20H18FN5O5S/c21-15-1-3-16(4-2-15)25-14-22-13-19(25)20(27)23-9-11-24(12-10-23)32(30,31)18-7-5-17(6-8-18)26(28)29/h1-8,13-14H,9-12H2. The molecular weight excluding hydrogens is 441 g/mol. The number of halogens is 1. The minimum absolute atomic E-state index is 0.0442. The Morgan fingerprint density at radius 3 is 2.22 bits per heavy atom. The first-order valence-corrected chi connectivity index (χ1v) is 11.0. The maximum Gasteiger partial charge on any atom is 0.272 e. The molecule has 12 heteroatoms. The van der Waals surface area contributed by atoms with Crippen molar-refractivity contribution in [2.24, 2.45) is 0 Å². The molecule has 166 valence electrons. The minimum atomic E-state index is -3.84. The summed E-state index contributed by atoms with van der Waals surface area (Å²) in [7, 11) is -3.84. The molecule has 1 aliphatic rings. The second-order valence-electron chi connectivity index (χ2n) is 7.07. The van der Waals surface area contributed by atoms with Crippen LogP contribution in [-0.2, 0) is 10.0 Å². The molecule has 1 fully saturated rings. The van der Waals surface area contributed by atoms with Crippen molar-refractivity contribution in [1.29, 1.82) is 0 Å². The molecule has 10 nitrogen and oxygen atoms in total. The third-order valence-electron chi connectivity index (χ3n) is 5.17. The van der Waals surface area contributed by atoms with Crippen LogP contribution in [0.1, 0.15) is 10.5 Å². The van der Waals surface area contributed by atoms with Crippen molar-refractivity contribution in [3.8, 4) is 5.69 Å². The first-order chi connectivity index (χ1) is 15.3. The number of nitrogens with zero attached hydrogens (tertiary/aromatic N) is 5. The van der Waals surface area contributed by atoms with Crippen LogP contribution >= 0.6 is 0 Å². The van der Waals surface area contributed by atoms with E-state index in [0.717, 1.165) is 12.1 Å². The molecule has 0 atom stereocenters. The maximum absolute atomic E-state index is 13.2. The number of carbonyl (C=O) groups is 1. The molecular formula is C20H18FN5O5S. The van der Waals surface area contributed by atoms with Crippen LogP contribution in [0.3, 0.4) is 0 Å². The smallest absolute Gasteiger partial charge is 0.272 e. The Hall–Kier alpha value is -3.64. The molecule has 1 aliphatic heterocycles. The molecule has 0 aliphatic carbocycles. The minimum Gasteiger partial charge on any atom is -0.335 e. The third kappa shape index (κ3) is 4.09. The van der Waals surface area contributed by atoms with Crippen LogP contribution < -0.4 is 0 Å². The quantitative estimate of drug-likeness (QED) is 0.426. The summed E-state index contributed by atoms with van der Waals surface area (Å²) in [6.07, 6.45) is 2.86. The summed E-state index contributed by atoms with van der Waals surface area (Å²) in [5.41, 5.74) is 0.659. The number of amides is 1. The van der Waals surface area contributed by atoms with Gasteiger partial charge < -0.3 is 4.90 Å². The molecule has 1 saturated heterocycles. The highest BCUT2D eigenvalue weighted by molar-refractivity contribution is 7.89. The van der Waals surface area contributed by atoms with Gasteiger partial charge in [-0.2, -0.15) is 4.31 Å². The molecule has 0 saturated carbocycles. The van der Waals surface area contributed by atoms with Gasteiger partial charge in [0.25, 0.3) is 11.6 Å². The fourth-order valence-corrected chi connectivity index (χ4v) is 4.87. The van der Waals surface area contributed by atoms with Crippen LogP contribution in [0.4, 0.5) is 10.1 Å². The van der Waals surface area contributed by atoms with Crippen molar-refractivity contribution in [1.82, 2.24) is 18.8 Å². The van der Waals surface area contributed by atoms with Crippen molar-refractivity contribution < 1.29 is 22.5 Å². The molecule has 1 aromatic heterocycles. The number of aromatic nitrogens is 2. The van der Waals surface area contributed by atoms with Crippen molar-refractivity contribution in [3.63, 3.8) is 0 Å². The van der Waals surface area contributed by atoms with Crippen LogP contribution in [0.5, 0.6) is 0 Å². The van der Waals surface area contributed by atoms with E-state index in [-0.39, 0.29) is 48.4 Å². The van der Waals surface area contributed by atoms with Crippen molar-refractivity contribution >= 4 is 21.6 Å². The number of carbonyl (C=O) groups excluding carboxylic acids is 1. The van der Waals surface area contributed by atoms with Crippen LogP contribution in [0, 0.1) is 15.9 Å². The zero-order valence-electron chi connectivity index (χ0n) is 16.7. The summed E-state index contributed by atoms with van der Waals surface area (Å²) in [6.45, 7) is 0.491. The first-order valence-electron chi connectivity index (χ1n) is 9.59. The van der Waals surface area contributed by atoms with Crippen molar-refractivity contribution in [2.45, 2.75) is 4.90 Å². The van der Waals surface area contributed by atoms with Crippen LogP contribution in [0.2, 0.25) is 0 Å². The number of hydrogen-bond acceptors (Lipinski definition) is 6. The number of piperazine rings is 1. The van der Waals surface area contributed by atoms with E-state index in [9.17, 15) is 27.7 Å². The summed E-state index contributed by atoms with van der Waals surface area (Å²) >= 11 is 0. The summed E-state index contributed by atoms with van der Waals surface area (Å²) in [5, 5.41) is 10.8. The van der Waals surface area contributed by atoms with Crippen molar-refractivity contribution in [3.05, 3.63) is 82.7 Å². The number of nitro benzene ring substituents is 1. The lowest BCUT2D eigenvalue weighted by Crippen LogP contribution is -2.50. The highest BCUT2D eigenvalue weighted by Crippen LogP contribution is 2.22. The highest BCUT2D eigenvalue weighted by Gasteiger charge is 2.31. The van der Waals surface area contributed by atoms with Gasteiger partial charge in [0.15, 0.2) is 0 Å². The van der Waals surface area contributed by atoms with Gasteiger partial charge in [-0.25, -0.2) is 17.8 Å². The molecule has 0 bridgehead atoms. The number of hydrogen-bond donors (Lipinski definition) is 0. The van der Waals surface area contributed by atoms with Gasteiger partial charge in [0.1, 0.15) is 11.5 Å². The number of imidazole rings is 1. The first kappa shape index (κ1) is 21.6. The van der Waals surface area contributed by atoms with Gasteiger partial charge in [0, 0.05) is 44.0 Å². The fourth-order valence-electron chi connectivity index (χ4n) is 3.44. The van der Waals surface area contributed by atoms with Crippen LogP contribution in [0.15, 0.2) is 66.0 Å². The average molecular weight is 459 g/mol. The Bertz CT molecular complexity index is 1250. The lowest BCUT2D eigenvalue weighted by Gasteiger charge is -2.34. The molecule has 3 aromatic rings. The second kappa shape index (κ2) is 8.48. The van der Waals surface area contributed by atoms with Gasteiger partial charge in [-0.1, -0.05) is 0 Å². The molecule has 0 spiro atoms. The fraction of sp³-hybridized carbons (Fsp3) is 0.200. The molecule has 0 unspecified atom stereocenters. The van der Waals surface area contributed by atoms with E-state index in [4.69, 9.17) is 0 Å². The van der Waals surface area contributed by atoms with E-state index in [1.807, 2.05) is 0 Å². The average Bonchev–Trinajstić information content (AvgIpc) is 3.29. The van der Waals surface area contributed by atoms with E-state index in [2.05, 4.69) is 4.98 Å². The lowest BCUT2D eigenvalue weighted by molar-refractivity contribution is -0.384. The topological polar surface area (TPSA) is 119 Å². The monoisotopic (exact) mass is 459 g/mol. The Labute approximate surface area is 182 Å². The Kier molecular flexibility index (Phi) is 5.72. The summed E-state index contributed by atoms with van der Waals surface area (Å²) in [5.74, 6) is -0.716. The molecule has 1 amide bonds. The zero-order valence-corrected chi connectivity index (χ0v) is 17.5. The molecule has 4 rings (SSSR count).